The van der Waals surface area contributed by atoms with Crippen molar-refractivity contribution in [3.63, 3.8) is 0 Å². The molecule has 110 valence electrons. The Morgan fingerprint density at radius 3 is 2.43 bits per heavy atom. The highest BCUT2D eigenvalue weighted by molar-refractivity contribution is 9.10. The SMILES string of the molecule is Cc1cc(Br)c(O)c(C(=O)NNC(=O)c2cc(Br)c[nH]2)c1. The van der Waals surface area contributed by atoms with Crippen LogP contribution in [0.2, 0.25) is 0 Å². The number of hydrazine groups is 1. The number of halogens is 2. The molecule has 0 fully saturated rings. The van der Waals surface area contributed by atoms with Crippen LogP contribution in [0.3, 0.4) is 0 Å². The zero-order valence-corrected chi connectivity index (χ0v) is 14.0. The Balaban J connectivity index is 2.07. The lowest BCUT2D eigenvalue weighted by Gasteiger charge is -2.09. The van der Waals surface area contributed by atoms with E-state index in [9.17, 15) is 14.7 Å². The standard InChI is InChI=1S/C13H11Br2N3O3/c1-6-2-8(11(19)9(15)3-6)12(20)17-18-13(21)10-4-7(14)5-16-10/h2-5,16,19H,1H3,(H,17,20)(H,18,21). The van der Waals surface area contributed by atoms with Crippen molar-refractivity contribution >= 4 is 43.7 Å². The van der Waals surface area contributed by atoms with E-state index in [0.717, 1.165) is 10.0 Å². The first kappa shape index (κ1) is 15.6. The molecule has 0 aliphatic rings. The summed E-state index contributed by atoms with van der Waals surface area (Å²) in [6, 6.07) is 4.77. The Morgan fingerprint density at radius 1 is 1.14 bits per heavy atom. The van der Waals surface area contributed by atoms with Gasteiger partial charge in [0.2, 0.25) is 0 Å². The molecule has 21 heavy (non-hydrogen) atoms. The maximum atomic E-state index is 12.0. The van der Waals surface area contributed by atoms with Crippen molar-refractivity contribution in [1.29, 1.82) is 0 Å². The fourth-order valence-corrected chi connectivity index (χ4v) is 2.57. The second-order valence-corrected chi connectivity index (χ2v) is 6.05. The molecule has 0 unspecified atom stereocenters. The molecule has 0 aliphatic heterocycles. The summed E-state index contributed by atoms with van der Waals surface area (Å²) in [6.45, 7) is 1.79. The number of nitrogens with one attached hydrogen (secondary N) is 3. The molecular weight excluding hydrogens is 406 g/mol. The van der Waals surface area contributed by atoms with Gasteiger partial charge in [0.05, 0.1) is 10.0 Å². The first-order valence-electron chi connectivity index (χ1n) is 5.82. The normalized spacial score (nSPS) is 10.2. The maximum Gasteiger partial charge on any atom is 0.286 e. The summed E-state index contributed by atoms with van der Waals surface area (Å²) < 4.78 is 1.13. The average molecular weight is 417 g/mol. The third-order valence-corrected chi connectivity index (χ3v) is 3.70. The highest BCUT2D eigenvalue weighted by Crippen LogP contribution is 2.29. The molecule has 1 heterocycles. The largest absolute Gasteiger partial charge is 0.506 e. The van der Waals surface area contributed by atoms with Gasteiger partial charge in [0, 0.05) is 10.7 Å². The van der Waals surface area contributed by atoms with Gasteiger partial charge in [-0.05, 0) is 62.5 Å². The molecule has 8 heteroatoms. The lowest BCUT2D eigenvalue weighted by atomic mass is 10.1. The molecule has 0 saturated carbocycles. The molecule has 0 aliphatic carbocycles. The van der Waals surface area contributed by atoms with Crippen LogP contribution in [-0.4, -0.2) is 21.9 Å². The molecule has 1 aromatic carbocycles. The lowest BCUT2D eigenvalue weighted by Crippen LogP contribution is -2.41. The van der Waals surface area contributed by atoms with Gasteiger partial charge in [0.25, 0.3) is 11.8 Å². The molecule has 1 aromatic heterocycles. The van der Waals surface area contributed by atoms with Crippen molar-refractivity contribution in [1.82, 2.24) is 15.8 Å². The smallest absolute Gasteiger partial charge is 0.286 e. The number of H-pyrrole nitrogens is 1. The summed E-state index contributed by atoms with van der Waals surface area (Å²) in [5.41, 5.74) is 5.66. The summed E-state index contributed by atoms with van der Waals surface area (Å²) in [7, 11) is 0. The number of phenolic OH excluding ortho intramolecular Hbond substituents is 1. The molecule has 2 aromatic rings. The van der Waals surface area contributed by atoms with Crippen LogP contribution in [0.4, 0.5) is 0 Å². The molecule has 0 saturated heterocycles. The zero-order valence-electron chi connectivity index (χ0n) is 10.8. The topological polar surface area (TPSA) is 94.2 Å². The van der Waals surface area contributed by atoms with Gasteiger partial charge in [-0.1, -0.05) is 0 Å². The van der Waals surface area contributed by atoms with Gasteiger partial charge in [-0.25, -0.2) is 0 Å². The van der Waals surface area contributed by atoms with Crippen molar-refractivity contribution in [3.05, 3.63) is 50.2 Å². The number of rotatable bonds is 2. The van der Waals surface area contributed by atoms with Crippen LogP contribution >= 0.6 is 31.9 Å². The second kappa shape index (κ2) is 6.31. The minimum atomic E-state index is -0.615. The molecule has 0 atom stereocenters. The van der Waals surface area contributed by atoms with Crippen LogP contribution in [-0.2, 0) is 0 Å². The number of hydrogen-bond donors (Lipinski definition) is 4. The van der Waals surface area contributed by atoms with Crippen molar-refractivity contribution in [3.8, 4) is 5.75 Å². The first-order valence-corrected chi connectivity index (χ1v) is 7.41. The van der Waals surface area contributed by atoms with E-state index in [-0.39, 0.29) is 17.0 Å². The number of aryl methyl sites for hydroxylation is 1. The number of carbonyl (C=O) groups excluding carboxylic acids is 2. The maximum absolute atomic E-state index is 12.0. The third kappa shape index (κ3) is 3.64. The minimum absolute atomic E-state index is 0.0647. The second-order valence-electron chi connectivity index (χ2n) is 4.28. The molecule has 0 spiro atoms. The predicted molar refractivity (Wildman–Crippen MR) is 84.0 cm³/mol. The fraction of sp³-hybridized carbons (Fsp3) is 0.0769. The molecule has 0 bridgehead atoms. The van der Waals surface area contributed by atoms with Gasteiger partial charge in [0.1, 0.15) is 11.4 Å². The number of benzene rings is 1. The number of aromatic hydroxyl groups is 1. The van der Waals surface area contributed by atoms with Gasteiger partial charge >= 0.3 is 0 Å². The minimum Gasteiger partial charge on any atom is -0.506 e. The number of amides is 2. The number of carbonyl (C=O) groups is 2. The van der Waals surface area contributed by atoms with Gasteiger partial charge in [-0.15, -0.1) is 0 Å². The number of phenols is 1. The van der Waals surface area contributed by atoms with E-state index in [1.165, 1.54) is 6.07 Å². The van der Waals surface area contributed by atoms with Gasteiger partial charge in [0.15, 0.2) is 0 Å². The number of aromatic nitrogens is 1. The summed E-state index contributed by atoms with van der Waals surface area (Å²) in [5, 5.41) is 9.85. The summed E-state index contributed by atoms with van der Waals surface area (Å²) >= 11 is 6.36. The van der Waals surface area contributed by atoms with E-state index in [1.807, 2.05) is 0 Å². The lowest BCUT2D eigenvalue weighted by molar-refractivity contribution is 0.0842. The van der Waals surface area contributed by atoms with E-state index < -0.39 is 11.8 Å². The summed E-state index contributed by atoms with van der Waals surface area (Å²) in [4.78, 5) is 26.5. The van der Waals surface area contributed by atoms with E-state index >= 15 is 0 Å². The molecule has 6 nitrogen and oxygen atoms in total. The number of aromatic amines is 1. The molecule has 2 rings (SSSR count). The molecule has 4 N–H and O–H groups in total. The van der Waals surface area contributed by atoms with Gasteiger partial charge in [-0.2, -0.15) is 0 Å². The monoisotopic (exact) mass is 415 g/mol. The Kier molecular flexibility index (Phi) is 4.69. The molecule has 2 amide bonds. The quantitative estimate of drug-likeness (QED) is 0.567. The van der Waals surface area contributed by atoms with Crippen LogP contribution in [0.5, 0.6) is 5.75 Å². The predicted octanol–water partition coefficient (Wildman–Crippen LogP) is 2.63. The van der Waals surface area contributed by atoms with Crippen LogP contribution in [0.1, 0.15) is 26.4 Å². The van der Waals surface area contributed by atoms with Gasteiger partial charge in [-0.3, -0.25) is 20.4 Å². The summed E-state index contributed by atoms with van der Waals surface area (Å²) in [5.74, 6) is -1.30. The zero-order chi connectivity index (χ0) is 15.6. The highest BCUT2D eigenvalue weighted by Gasteiger charge is 2.16. The van der Waals surface area contributed by atoms with Crippen molar-refractivity contribution in [2.24, 2.45) is 0 Å². The average Bonchev–Trinajstić information content (AvgIpc) is 2.86. The van der Waals surface area contributed by atoms with Gasteiger partial charge < -0.3 is 10.1 Å². The van der Waals surface area contributed by atoms with E-state index in [1.54, 1.807) is 25.3 Å². The van der Waals surface area contributed by atoms with Crippen LogP contribution < -0.4 is 10.9 Å². The van der Waals surface area contributed by atoms with Crippen LogP contribution in [0, 0.1) is 6.92 Å². The molecule has 0 radical (unpaired) electrons. The van der Waals surface area contributed by atoms with E-state index in [2.05, 4.69) is 47.7 Å². The Bertz CT molecular complexity index is 713. The van der Waals surface area contributed by atoms with E-state index in [4.69, 9.17) is 0 Å². The Morgan fingerprint density at radius 2 is 1.81 bits per heavy atom. The Hall–Kier alpha value is -1.80. The third-order valence-electron chi connectivity index (χ3n) is 2.63. The molecular formula is C13H11Br2N3O3. The summed E-state index contributed by atoms with van der Waals surface area (Å²) in [6.07, 6.45) is 1.60. The number of hydrogen-bond acceptors (Lipinski definition) is 3. The van der Waals surface area contributed by atoms with Crippen LogP contribution in [0.25, 0.3) is 0 Å². The first-order chi connectivity index (χ1) is 9.88. The fourth-order valence-electron chi connectivity index (χ4n) is 1.65. The Labute approximate surface area is 137 Å². The van der Waals surface area contributed by atoms with Crippen molar-refractivity contribution in [2.45, 2.75) is 6.92 Å². The van der Waals surface area contributed by atoms with Crippen molar-refractivity contribution < 1.29 is 14.7 Å². The highest BCUT2D eigenvalue weighted by atomic mass is 79.9. The van der Waals surface area contributed by atoms with Crippen molar-refractivity contribution in [2.75, 3.05) is 0 Å². The van der Waals surface area contributed by atoms with E-state index in [0.29, 0.717) is 4.47 Å². The van der Waals surface area contributed by atoms with Crippen LogP contribution in [0.15, 0.2) is 33.3 Å².